The van der Waals surface area contributed by atoms with Gasteiger partial charge in [-0.25, -0.2) is 0 Å². The molecular formula is C18H23N3O4. The summed E-state index contributed by atoms with van der Waals surface area (Å²) in [5, 5.41) is 4.13. The number of rotatable bonds is 5. The quantitative estimate of drug-likeness (QED) is 0.824. The molecule has 0 aliphatic carbocycles. The molecule has 7 heteroatoms. The minimum absolute atomic E-state index is 0.142. The Hall–Kier alpha value is -1.96. The minimum atomic E-state index is -0.142. The number of likely N-dealkylation sites (tertiary alicyclic amines) is 1. The Morgan fingerprint density at radius 1 is 1.20 bits per heavy atom. The van der Waals surface area contributed by atoms with Crippen molar-refractivity contribution in [2.45, 2.75) is 38.1 Å². The smallest absolute Gasteiger partial charge is 0.241 e. The normalized spacial score (nSPS) is 22.4. The van der Waals surface area contributed by atoms with Crippen LogP contribution in [0, 0.1) is 0 Å². The Bertz CT molecular complexity index is 699. The maximum absolute atomic E-state index is 5.72. The first-order valence-electron chi connectivity index (χ1n) is 8.78. The van der Waals surface area contributed by atoms with E-state index in [4.69, 9.17) is 18.7 Å². The Morgan fingerprint density at radius 2 is 2.04 bits per heavy atom. The van der Waals surface area contributed by atoms with Gasteiger partial charge in [0.2, 0.25) is 11.7 Å². The van der Waals surface area contributed by atoms with Gasteiger partial charge in [0.25, 0.3) is 0 Å². The number of methoxy groups -OCH3 is 1. The van der Waals surface area contributed by atoms with Crippen molar-refractivity contribution in [2.75, 3.05) is 26.9 Å². The van der Waals surface area contributed by atoms with E-state index >= 15 is 0 Å². The zero-order valence-electron chi connectivity index (χ0n) is 14.4. The van der Waals surface area contributed by atoms with Gasteiger partial charge in [-0.15, -0.1) is 0 Å². The molecule has 3 heterocycles. The highest BCUT2D eigenvalue weighted by molar-refractivity contribution is 5.63. The highest BCUT2D eigenvalue weighted by atomic mass is 16.7. The van der Waals surface area contributed by atoms with E-state index in [2.05, 4.69) is 15.0 Å². The van der Waals surface area contributed by atoms with Gasteiger partial charge in [-0.1, -0.05) is 23.7 Å². The molecule has 0 amide bonds. The van der Waals surface area contributed by atoms with Crippen LogP contribution in [0.2, 0.25) is 0 Å². The van der Waals surface area contributed by atoms with Crippen molar-refractivity contribution in [1.82, 2.24) is 15.0 Å². The molecule has 1 aromatic heterocycles. The van der Waals surface area contributed by atoms with E-state index in [1.807, 2.05) is 24.3 Å². The fraction of sp³-hybridized carbons (Fsp3) is 0.556. The maximum atomic E-state index is 5.72. The fourth-order valence-corrected chi connectivity index (χ4v) is 3.55. The number of piperidine rings is 1. The first-order valence-corrected chi connectivity index (χ1v) is 8.78. The van der Waals surface area contributed by atoms with E-state index in [0.29, 0.717) is 31.5 Å². The molecule has 2 aromatic rings. The molecule has 2 fully saturated rings. The number of aromatic nitrogens is 2. The molecule has 0 N–H and O–H groups in total. The van der Waals surface area contributed by atoms with Crippen molar-refractivity contribution < 1.29 is 18.7 Å². The van der Waals surface area contributed by atoms with Gasteiger partial charge in [-0.3, -0.25) is 4.90 Å². The van der Waals surface area contributed by atoms with Crippen LogP contribution in [0.15, 0.2) is 28.8 Å². The number of benzene rings is 1. The predicted octanol–water partition coefficient (Wildman–Crippen LogP) is 2.47. The molecule has 134 valence electrons. The van der Waals surface area contributed by atoms with Crippen LogP contribution in [-0.4, -0.2) is 54.2 Å². The zero-order chi connectivity index (χ0) is 17.1. The van der Waals surface area contributed by atoms with Crippen molar-refractivity contribution in [2.24, 2.45) is 0 Å². The largest absolute Gasteiger partial charge is 0.496 e. The summed E-state index contributed by atoms with van der Waals surface area (Å²) in [6, 6.07) is 7.92. The second-order valence-electron chi connectivity index (χ2n) is 6.36. The SMILES string of the molecule is COc1ccccc1-c1noc(CN2CCCCC2C2OCCO2)n1. The standard InChI is InChI=1S/C18H23N3O4/c1-22-15-8-3-2-6-13(15)17-19-16(25-20-17)12-21-9-5-4-7-14(21)18-23-10-11-24-18/h2-3,6,8,14,18H,4-5,7,9-12H2,1H3. The summed E-state index contributed by atoms with van der Waals surface area (Å²) in [4.78, 5) is 6.90. The van der Waals surface area contributed by atoms with Crippen molar-refractivity contribution in [3.05, 3.63) is 30.2 Å². The molecular weight excluding hydrogens is 322 g/mol. The molecule has 1 unspecified atom stereocenters. The second kappa shape index (κ2) is 7.51. The summed E-state index contributed by atoms with van der Waals surface area (Å²) in [5.74, 6) is 1.89. The number of nitrogens with zero attached hydrogens (tertiary/aromatic N) is 3. The van der Waals surface area contributed by atoms with Crippen molar-refractivity contribution in [3.8, 4) is 17.1 Å². The van der Waals surface area contributed by atoms with Crippen LogP contribution < -0.4 is 4.74 Å². The third-order valence-electron chi connectivity index (χ3n) is 4.78. The lowest BCUT2D eigenvalue weighted by Crippen LogP contribution is -2.46. The summed E-state index contributed by atoms with van der Waals surface area (Å²) in [6.45, 7) is 2.94. The van der Waals surface area contributed by atoms with E-state index in [1.54, 1.807) is 7.11 Å². The molecule has 1 aromatic carbocycles. The van der Waals surface area contributed by atoms with E-state index in [9.17, 15) is 0 Å². The average molecular weight is 345 g/mol. The molecule has 0 spiro atoms. The molecule has 2 aliphatic heterocycles. The van der Waals surface area contributed by atoms with E-state index in [1.165, 1.54) is 6.42 Å². The van der Waals surface area contributed by atoms with Crippen molar-refractivity contribution in [1.29, 1.82) is 0 Å². The Kier molecular flexibility index (Phi) is 4.96. The Morgan fingerprint density at radius 3 is 2.88 bits per heavy atom. The summed E-state index contributed by atoms with van der Waals surface area (Å²) in [5.41, 5.74) is 0.831. The Labute approximate surface area is 146 Å². The fourth-order valence-electron chi connectivity index (χ4n) is 3.55. The Balaban J connectivity index is 1.50. The summed E-state index contributed by atoms with van der Waals surface area (Å²) >= 11 is 0. The van der Waals surface area contributed by atoms with Gasteiger partial charge < -0.3 is 18.7 Å². The zero-order valence-corrected chi connectivity index (χ0v) is 14.4. The minimum Gasteiger partial charge on any atom is -0.496 e. The molecule has 4 rings (SSSR count). The van der Waals surface area contributed by atoms with Crippen LogP contribution in [0.4, 0.5) is 0 Å². The lowest BCUT2D eigenvalue weighted by Gasteiger charge is -2.36. The van der Waals surface area contributed by atoms with Gasteiger partial charge in [-0.05, 0) is 31.5 Å². The third kappa shape index (κ3) is 3.53. The monoisotopic (exact) mass is 345 g/mol. The molecule has 0 bridgehead atoms. The number of ether oxygens (including phenoxy) is 3. The molecule has 25 heavy (non-hydrogen) atoms. The topological polar surface area (TPSA) is 69.9 Å². The molecule has 0 saturated carbocycles. The summed E-state index contributed by atoms with van der Waals surface area (Å²) in [7, 11) is 1.64. The second-order valence-corrected chi connectivity index (χ2v) is 6.36. The lowest BCUT2D eigenvalue weighted by atomic mass is 10.0. The average Bonchev–Trinajstić information content (AvgIpc) is 3.34. The van der Waals surface area contributed by atoms with Gasteiger partial charge in [0.1, 0.15) is 5.75 Å². The predicted molar refractivity (Wildman–Crippen MR) is 90.0 cm³/mol. The van der Waals surface area contributed by atoms with Gasteiger partial charge in [0.05, 0.1) is 38.5 Å². The molecule has 2 aliphatic rings. The van der Waals surface area contributed by atoms with Gasteiger partial charge >= 0.3 is 0 Å². The molecule has 7 nitrogen and oxygen atoms in total. The van der Waals surface area contributed by atoms with Crippen LogP contribution >= 0.6 is 0 Å². The van der Waals surface area contributed by atoms with Crippen molar-refractivity contribution in [3.63, 3.8) is 0 Å². The van der Waals surface area contributed by atoms with Gasteiger partial charge in [-0.2, -0.15) is 4.98 Å². The van der Waals surface area contributed by atoms with Crippen LogP contribution in [0.1, 0.15) is 25.2 Å². The van der Waals surface area contributed by atoms with Crippen LogP contribution in [-0.2, 0) is 16.0 Å². The van der Waals surface area contributed by atoms with Crippen molar-refractivity contribution >= 4 is 0 Å². The van der Waals surface area contributed by atoms with E-state index < -0.39 is 0 Å². The third-order valence-corrected chi connectivity index (χ3v) is 4.78. The molecule has 1 atom stereocenters. The highest BCUT2D eigenvalue weighted by Gasteiger charge is 2.34. The van der Waals surface area contributed by atoms with E-state index in [0.717, 1.165) is 30.7 Å². The number of hydrogen-bond acceptors (Lipinski definition) is 7. The number of para-hydroxylation sites is 1. The molecule has 0 radical (unpaired) electrons. The first-order chi connectivity index (χ1) is 12.3. The lowest BCUT2D eigenvalue weighted by molar-refractivity contribution is -0.112. The number of hydrogen-bond donors (Lipinski definition) is 0. The van der Waals surface area contributed by atoms with Gasteiger partial charge in [0.15, 0.2) is 6.29 Å². The maximum Gasteiger partial charge on any atom is 0.241 e. The molecule has 2 saturated heterocycles. The van der Waals surface area contributed by atoms with E-state index in [-0.39, 0.29) is 12.3 Å². The first kappa shape index (κ1) is 16.5. The van der Waals surface area contributed by atoms with Crippen LogP contribution in [0.3, 0.4) is 0 Å². The van der Waals surface area contributed by atoms with Crippen LogP contribution in [0.5, 0.6) is 5.75 Å². The summed E-state index contributed by atoms with van der Waals surface area (Å²) < 4.78 is 22.3. The van der Waals surface area contributed by atoms with Crippen LogP contribution in [0.25, 0.3) is 11.4 Å². The van der Waals surface area contributed by atoms with Gasteiger partial charge in [0, 0.05) is 0 Å². The highest BCUT2D eigenvalue weighted by Crippen LogP contribution is 2.29. The summed E-state index contributed by atoms with van der Waals surface area (Å²) in [6.07, 6.45) is 3.28.